The van der Waals surface area contributed by atoms with Crippen LogP contribution in [0.3, 0.4) is 0 Å². The van der Waals surface area contributed by atoms with E-state index < -0.39 is 0 Å². The number of fused-ring (bicyclic) bond motifs is 1. The van der Waals surface area contributed by atoms with Gasteiger partial charge in [-0.2, -0.15) is 11.8 Å². The highest BCUT2D eigenvalue weighted by molar-refractivity contribution is 7.98. The Morgan fingerprint density at radius 3 is 3.20 bits per heavy atom. The predicted molar refractivity (Wildman–Crippen MR) is 68.6 cm³/mol. The van der Waals surface area contributed by atoms with Crippen LogP contribution in [0.2, 0.25) is 0 Å². The zero-order valence-electron chi connectivity index (χ0n) is 9.87. The molecule has 0 radical (unpaired) electrons. The third-order valence-corrected chi connectivity index (χ3v) is 4.50. The molecule has 0 aromatic carbocycles. The average Bonchev–Trinajstić information content (AvgIpc) is 2.29. The lowest BCUT2D eigenvalue weighted by atomic mass is 9.85. The molecule has 0 aliphatic carbocycles. The molecule has 2 rings (SSSR count). The van der Waals surface area contributed by atoms with Crippen molar-refractivity contribution >= 4 is 11.8 Å². The van der Waals surface area contributed by atoms with Crippen LogP contribution in [-0.4, -0.2) is 49.1 Å². The van der Waals surface area contributed by atoms with E-state index in [2.05, 4.69) is 16.5 Å². The van der Waals surface area contributed by atoms with Gasteiger partial charge >= 0.3 is 0 Å². The number of rotatable bonds is 4. The minimum Gasteiger partial charge on any atom is -0.314 e. The first-order valence-corrected chi connectivity index (χ1v) is 7.74. The van der Waals surface area contributed by atoms with Crippen LogP contribution in [0.1, 0.15) is 25.7 Å². The fourth-order valence-corrected chi connectivity index (χ4v) is 3.37. The monoisotopic (exact) mass is 228 g/mol. The first kappa shape index (κ1) is 11.7. The summed E-state index contributed by atoms with van der Waals surface area (Å²) < 4.78 is 0. The van der Waals surface area contributed by atoms with Crippen molar-refractivity contribution in [2.45, 2.75) is 31.7 Å². The van der Waals surface area contributed by atoms with Crippen molar-refractivity contribution in [1.29, 1.82) is 0 Å². The third kappa shape index (κ3) is 3.36. The molecule has 2 saturated heterocycles. The molecule has 88 valence electrons. The zero-order chi connectivity index (χ0) is 10.5. The van der Waals surface area contributed by atoms with E-state index in [0.717, 1.165) is 12.0 Å². The summed E-state index contributed by atoms with van der Waals surface area (Å²) in [4.78, 5) is 2.68. The molecule has 15 heavy (non-hydrogen) atoms. The highest BCUT2D eigenvalue weighted by Crippen LogP contribution is 2.24. The molecular formula is C12H24N2S. The van der Waals surface area contributed by atoms with Crippen LogP contribution in [0.25, 0.3) is 0 Å². The summed E-state index contributed by atoms with van der Waals surface area (Å²) in [5.74, 6) is 2.27. The number of hydrogen-bond donors (Lipinski definition) is 1. The summed E-state index contributed by atoms with van der Waals surface area (Å²) in [6.07, 6.45) is 7.80. The van der Waals surface area contributed by atoms with E-state index in [9.17, 15) is 0 Å². The van der Waals surface area contributed by atoms with Gasteiger partial charge in [0.1, 0.15) is 0 Å². The van der Waals surface area contributed by atoms with Crippen molar-refractivity contribution in [1.82, 2.24) is 10.2 Å². The van der Waals surface area contributed by atoms with Gasteiger partial charge in [0, 0.05) is 12.6 Å². The molecule has 2 unspecified atom stereocenters. The number of thioether (sulfide) groups is 1. The van der Waals surface area contributed by atoms with Crippen LogP contribution in [0, 0.1) is 5.92 Å². The van der Waals surface area contributed by atoms with Gasteiger partial charge < -0.3 is 10.2 Å². The van der Waals surface area contributed by atoms with Gasteiger partial charge in [-0.3, -0.25) is 0 Å². The number of nitrogens with one attached hydrogen (secondary N) is 1. The van der Waals surface area contributed by atoms with Crippen LogP contribution in [0.4, 0.5) is 0 Å². The Bertz CT molecular complexity index is 184. The highest BCUT2D eigenvalue weighted by Gasteiger charge is 2.30. The van der Waals surface area contributed by atoms with E-state index in [0.29, 0.717) is 0 Å². The van der Waals surface area contributed by atoms with Crippen LogP contribution in [0.15, 0.2) is 0 Å². The first-order chi connectivity index (χ1) is 7.40. The summed E-state index contributed by atoms with van der Waals surface area (Å²) in [6, 6.07) is 0.843. The maximum atomic E-state index is 3.68. The summed E-state index contributed by atoms with van der Waals surface area (Å²) in [6.45, 7) is 5.26. The van der Waals surface area contributed by atoms with E-state index in [4.69, 9.17) is 0 Å². The second-order valence-corrected chi connectivity index (χ2v) is 5.88. The Balaban J connectivity index is 1.71. The molecule has 2 atom stereocenters. The average molecular weight is 228 g/mol. The molecule has 1 N–H and O–H groups in total. The van der Waals surface area contributed by atoms with E-state index >= 15 is 0 Å². The lowest BCUT2D eigenvalue weighted by Crippen LogP contribution is -2.52. The summed E-state index contributed by atoms with van der Waals surface area (Å²) in [7, 11) is 0. The molecule has 0 bridgehead atoms. The van der Waals surface area contributed by atoms with Crippen LogP contribution < -0.4 is 5.32 Å². The second kappa shape index (κ2) is 6.12. The van der Waals surface area contributed by atoms with Gasteiger partial charge in [-0.15, -0.1) is 0 Å². The number of piperidine rings is 2. The van der Waals surface area contributed by atoms with Crippen molar-refractivity contribution in [3.8, 4) is 0 Å². The molecule has 0 amide bonds. The van der Waals surface area contributed by atoms with Crippen LogP contribution in [0.5, 0.6) is 0 Å². The van der Waals surface area contributed by atoms with Crippen molar-refractivity contribution in [2.24, 2.45) is 5.92 Å². The molecule has 2 nitrogen and oxygen atoms in total. The van der Waals surface area contributed by atoms with Gasteiger partial charge in [-0.05, 0) is 63.2 Å². The normalized spacial score (nSPS) is 32.6. The molecule has 2 fully saturated rings. The topological polar surface area (TPSA) is 15.3 Å². The standard InChI is InChI=1S/C12H24N2S/c1-15-9-3-7-14-8-5-12-11(10-14)4-2-6-13-12/h11-13H,2-10H2,1H3. The number of nitrogens with zero attached hydrogens (tertiary/aromatic N) is 1. The van der Waals surface area contributed by atoms with Crippen molar-refractivity contribution in [3.63, 3.8) is 0 Å². The van der Waals surface area contributed by atoms with Crippen molar-refractivity contribution < 1.29 is 0 Å². The van der Waals surface area contributed by atoms with E-state index in [1.807, 2.05) is 11.8 Å². The molecule has 2 heterocycles. The lowest BCUT2D eigenvalue weighted by molar-refractivity contribution is 0.115. The highest BCUT2D eigenvalue weighted by atomic mass is 32.2. The lowest BCUT2D eigenvalue weighted by Gasteiger charge is -2.41. The SMILES string of the molecule is CSCCCN1CCC2NCCCC2C1. The molecule has 0 spiro atoms. The Morgan fingerprint density at radius 2 is 2.33 bits per heavy atom. The Kier molecular flexibility index (Phi) is 4.79. The van der Waals surface area contributed by atoms with E-state index in [1.165, 1.54) is 57.6 Å². The minimum atomic E-state index is 0.843. The number of hydrogen-bond acceptors (Lipinski definition) is 3. The van der Waals surface area contributed by atoms with E-state index in [1.54, 1.807) is 0 Å². The second-order valence-electron chi connectivity index (χ2n) is 4.90. The molecule has 0 saturated carbocycles. The molecule has 0 aromatic rings. The maximum absolute atomic E-state index is 3.68. The molecule has 3 heteroatoms. The molecule has 2 aliphatic rings. The fourth-order valence-electron chi connectivity index (χ4n) is 2.96. The fraction of sp³-hybridized carbons (Fsp3) is 1.00. The van der Waals surface area contributed by atoms with Crippen molar-refractivity contribution in [2.75, 3.05) is 38.2 Å². The van der Waals surface area contributed by atoms with Crippen molar-refractivity contribution in [3.05, 3.63) is 0 Å². The van der Waals surface area contributed by atoms with Gasteiger partial charge in [0.15, 0.2) is 0 Å². The Labute approximate surface area is 98.2 Å². The Morgan fingerprint density at radius 1 is 1.40 bits per heavy atom. The third-order valence-electron chi connectivity index (χ3n) is 3.80. The minimum absolute atomic E-state index is 0.843. The quantitative estimate of drug-likeness (QED) is 0.739. The largest absolute Gasteiger partial charge is 0.314 e. The summed E-state index contributed by atoms with van der Waals surface area (Å²) in [5.41, 5.74) is 0. The smallest absolute Gasteiger partial charge is 0.0120 e. The van der Waals surface area contributed by atoms with Gasteiger partial charge in [-0.25, -0.2) is 0 Å². The number of likely N-dealkylation sites (tertiary alicyclic amines) is 1. The van der Waals surface area contributed by atoms with Gasteiger partial charge in [-0.1, -0.05) is 0 Å². The van der Waals surface area contributed by atoms with E-state index in [-0.39, 0.29) is 0 Å². The Hall–Kier alpha value is 0.270. The van der Waals surface area contributed by atoms with Crippen LogP contribution >= 0.6 is 11.8 Å². The molecule has 2 aliphatic heterocycles. The molecule has 0 aromatic heterocycles. The maximum Gasteiger partial charge on any atom is 0.0120 e. The van der Waals surface area contributed by atoms with Gasteiger partial charge in [0.05, 0.1) is 0 Å². The van der Waals surface area contributed by atoms with Gasteiger partial charge in [0.25, 0.3) is 0 Å². The predicted octanol–water partition coefficient (Wildman–Crippen LogP) is 1.81. The van der Waals surface area contributed by atoms with Gasteiger partial charge in [0.2, 0.25) is 0 Å². The summed E-state index contributed by atoms with van der Waals surface area (Å²) >= 11 is 1.97. The molecular weight excluding hydrogens is 204 g/mol. The first-order valence-electron chi connectivity index (χ1n) is 6.35. The summed E-state index contributed by atoms with van der Waals surface area (Å²) in [5, 5.41) is 3.68. The zero-order valence-corrected chi connectivity index (χ0v) is 10.7. The van der Waals surface area contributed by atoms with Crippen LogP contribution in [-0.2, 0) is 0 Å².